The van der Waals surface area contributed by atoms with Crippen LogP contribution in [-0.2, 0) is 15.3 Å². The Bertz CT molecular complexity index is 465. The van der Waals surface area contributed by atoms with E-state index in [-0.39, 0.29) is 12.6 Å². The molecule has 0 aromatic heterocycles. The van der Waals surface area contributed by atoms with Crippen molar-refractivity contribution >= 4 is 17.7 Å². The van der Waals surface area contributed by atoms with E-state index in [0.717, 1.165) is 17.3 Å². The van der Waals surface area contributed by atoms with E-state index in [9.17, 15) is 9.90 Å². The third-order valence-corrected chi connectivity index (χ3v) is 4.38. The van der Waals surface area contributed by atoms with Crippen molar-refractivity contribution < 1.29 is 19.4 Å². The molecule has 23 heavy (non-hydrogen) atoms. The fraction of sp³-hybridized carbons (Fsp3) is 0.611. The van der Waals surface area contributed by atoms with Crippen molar-refractivity contribution in [3.8, 4) is 5.75 Å². The van der Waals surface area contributed by atoms with Crippen LogP contribution in [0.4, 0.5) is 0 Å². The number of benzene rings is 1. The van der Waals surface area contributed by atoms with Crippen molar-refractivity contribution in [3.63, 3.8) is 0 Å². The van der Waals surface area contributed by atoms with Gasteiger partial charge in [0.1, 0.15) is 5.75 Å². The van der Waals surface area contributed by atoms with Crippen LogP contribution >= 0.6 is 11.8 Å². The highest BCUT2D eigenvalue weighted by Crippen LogP contribution is 2.18. The summed E-state index contributed by atoms with van der Waals surface area (Å²) in [5, 5.41) is 9.91. The number of ether oxygens (including phenoxy) is 2. The third kappa shape index (κ3) is 8.28. The summed E-state index contributed by atoms with van der Waals surface area (Å²) in [4.78, 5) is 11.6. The lowest BCUT2D eigenvalue weighted by molar-refractivity contribution is -0.153. The van der Waals surface area contributed by atoms with E-state index in [2.05, 4.69) is 0 Å². The van der Waals surface area contributed by atoms with Gasteiger partial charge in [-0.25, -0.2) is 0 Å². The predicted octanol–water partition coefficient (Wildman–Crippen LogP) is 3.66. The van der Waals surface area contributed by atoms with Gasteiger partial charge in [0.2, 0.25) is 0 Å². The van der Waals surface area contributed by atoms with Gasteiger partial charge in [-0.3, -0.25) is 4.79 Å². The molecule has 1 aromatic rings. The SMILES string of the molecule is COc1ccc(CSCCC(O)CCOC(=O)C(C)(C)C)cc1. The summed E-state index contributed by atoms with van der Waals surface area (Å²) >= 11 is 1.78. The molecule has 130 valence electrons. The number of hydrogen-bond acceptors (Lipinski definition) is 5. The van der Waals surface area contributed by atoms with Crippen LogP contribution in [-0.4, -0.2) is 36.6 Å². The van der Waals surface area contributed by atoms with Gasteiger partial charge in [0.25, 0.3) is 0 Å². The summed E-state index contributed by atoms with van der Waals surface area (Å²) in [7, 11) is 1.66. The summed E-state index contributed by atoms with van der Waals surface area (Å²) < 4.78 is 10.3. The van der Waals surface area contributed by atoms with Crippen LogP contribution < -0.4 is 4.74 Å². The molecule has 0 radical (unpaired) electrons. The van der Waals surface area contributed by atoms with Gasteiger partial charge in [0.05, 0.1) is 25.2 Å². The number of thioether (sulfide) groups is 1. The number of carbonyl (C=O) groups is 1. The predicted molar refractivity (Wildman–Crippen MR) is 94.8 cm³/mol. The van der Waals surface area contributed by atoms with Crippen molar-refractivity contribution in [2.45, 2.75) is 45.5 Å². The van der Waals surface area contributed by atoms with Crippen LogP contribution in [0, 0.1) is 5.41 Å². The molecule has 1 atom stereocenters. The van der Waals surface area contributed by atoms with Gasteiger partial charge < -0.3 is 14.6 Å². The van der Waals surface area contributed by atoms with E-state index >= 15 is 0 Å². The fourth-order valence-electron chi connectivity index (χ4n) is 1.78. The first-order valence-electron chi connectivity index (χ1n) is 7.89. The van der Waals surface area contributed by atoms with Gasteiger partial charge >= 0.3 is 5.97 Å². The largest absolute Gasteiger partial charge is 0.497 e. The zero-order chi connectivity index (χ0) is 17.3. The summed E-state index contributed by atoms with van der Waals surface area (Å²) in [6.45, 7) is 5.74. The third-order valence-electron chi connectivity index (χ3n) is 3.32. The number of methoxy groups -OCH3 is 1. The number of aliphatic hydroxyl groups is 1. The number of hydrogen-bond donors (Lipinski definition) is 1. The first-order valence-corrected chi connectivity index (χ1v) is 9.04. The lowest BCUT2D eigenvalue weighted by atomic mass is 9.97. The lowest BCUT2D eigenvalue weighted by Crippen LogP contribution is -2.24. The Labute approximate surface area is 143 Å². The minimum absolute atomic E-state index is 0.224. The molecule has 0 saturated carbocycles. The second kappa shape index (κ2) is 9.83. The van der Waals surface area contributed by atoms with Gasteiger partial charge in [-0.05, 0) is 50.6 Å². The minimum atomic E-state index is -0.487. The first-order chi connectivity index (χ1) is 10.8. The van der Waals surface area contributed by atoms with E-state index in [0.29, 0.717) is 12.8 Å². The van der Waals surface area contributed by atoms with Gasteiger partial charge in [-0.2, -0.15) is 11.8 Å². The second-order valence-corrected chi connectivity index (χ2v) is 7.62. The molecule has 4 nitrogen and oxygen atoms in total. The van der Waals surface area contributed by atoms with Crippen LogP contribution in [0.15, 0.2) is 24.3 Å². The van der Waals surface area contributed by atoms with Gasteiger partial charge in [0.15, 0.2) is 0 Å². The molecule has 0 aliphatic carbocycles. The van der Waals surface area contributed by atoms with E-state index < -0.39 is 11.5 Å². The maximum absolute atomic E-state index is 11.6. The molecule has 1 aromatic carbocycles. The summed E-state index contributed by atoms with van der Waals surface area (Å²) in [5.41, 5.74) is 0.753. The molecule has 0 aliphatic heterocycles. The molecule has 0 bridgehead atoms. The monoisotopic (exact) mass is 340 g/mol. The topological polar surface area (TPSA) is 55.8 Å². The number of aliphatic hydroxyl groups excluding tert-OH is 1. The van der Waals surface area contributed by atoms with Crippen LogP contribution in [0.5, 0.6) is 5.75 Å². The smallest absolute Gasteiger partial charge is 0.311 e. The standard InChI is InChI=1S/C18H28O4S/c1-18(2,3)17(20)22-11-9-15(19)10-12-23-13-14-5-7-16(21-4)8-6-14/h5-8,15,19H,9-13H2,1-4H3. The molecule has 0 spiro atoms. The molecular formula is C18H28O4S. The Morgan fingerprint density at radius 2 is 1.87 bits per heavy atom. The molecular weight excluding hydrogens is 312 g/mol. The summed E-state index contributed by atoms with van der Waals surface area (Å²) in [6, 6.07) is 8.01. The highest BCUT2D eigenvalue weighted by molar-refractivity contribution is 7.98. The van der Waals surface area contributed by atoms with E-state index in [1.165, 1.54) is 5.56 Å². The molecule has 1 rings (SSSR count). The van der Waals surface area contributed by atoms with Crippen LogP contribution in [0.2, 0.25) is 0 Å². The highest BCUT2D eigenvalue weighted by Gasteiger charge is 2.22. The number of esters is 1. The van der Waals surface area contributed by atoms with E-state index in [4.69, 9.17) is 9.47 Å². The Balaban J connectivity index is 2.11. The summed E-state index contributed by atoms with van der Waals surface area (Å²) in [6.07, 6.45) is 0.768. The van der Waals surface area contributed by atoms with Gasteiger partial charge in [0, 0.05) is 12.2 Å². The molecule has 0 aliphatic rings. The molecule has 5 heteroatoms. The number of carbonyl (C=O) groups excluding carboxylic acids is 1. The van der Waals surface area contributed by atoms with Crippen molar-refractivity contribution in [1.29, 1.82) is 0 Å². The molecule has 0 fully saturated rings. The second-order valence-electron chi connectivity index (χ2n) is 6.52. The summed E-state index contributed by atoms with van der Waals surface area (Å²) in [5.74, 6) is 2.42. The highest BCUT2D eigenvalue weighted by atomic mass is 32.2. The molecule has 0 saturated heterocycles. The average Bonchev–Trinajstić information content (AvgIpc) is 2.51. The van der Waals surface area contributed by atoms with Crippen molar-refractivity contribution in [2.75, 3.05) is 19.5 Å². The minimum Gasteiger partial charge on any atom is -0.497 e. The Morgan fingerprint density at radius 1 is 1.22 bits per heavy atom. The maximum Gasteiger partial charge on any atom is 0.311 e. The first kappa shape index (κ1) is 19.8. The van der Waals surface area contributed by atoms with Crippen molar-refractivity contribution in [1.82, 2.24) is 0 Å². The Hall–Kier alpha value is -1.20. The van der Waals surface area contributed by atoms with Crippen molar-refractivity contribution in [2.24, 2.45) is 5.41 Å². The molecule has 1 unspecified atom stereocenters. The molecule has 1 N–H and O–H groups in total. The van der Waals surface area contributed by atoms with Crippen molar-refractivity contribution in [3.05, 3.63) is 29.8 Å². The number of rotatable bonds is 9. The Morgan fingerprint density at radius 3 is 2.43 bits per heavy atom. The van der Waals surface area contributed by atoms with Crippen LogP contribution in [0.25, 0.3) is 0 Å². The quantitative estimate of drug-likeness (QED) is 0.549. The zero-order valence-corrected chi connectivity index (χ0v) is 15.3. The normalized spacial score (nSPS) is 12.7. The zero-order valence-electron chi connectivity index (χ0n) is 14.5. The van der Waals surface area contributed by atoms with Gasteiger partial charge in [-0.1, -0.05) is 12.1 Å². The maximum atomic E-state index is 11.6. The molecule has 0 heterocycles. The Kier molecular flexibility index (Phi) is 8.48. The van der Waals surface area contributed by atoms with E-state index in [1.807, 2.05) is 45.0 Å². The van der Waals surface area contributed by atoms with E-state index in [1.54, 1.807) is 18.9 Å². The van der Waals surface area contributed by atoms with Crippen LogP contribution in [0.1, 0.15) is 39.2 Å². The van der Waals surface area contributed by atoms with Gasteiger partial charge in [-0.15, -0.1) is 0 Å². The van der Waals surface area contributed by atoms with Crippen LogP contribution in [0.3, 0.4) is 0 Å². The fourth-order valence-corrected chi connectivity index (χ4v) is 2.79. The average molecular weight is 340 g/mol. The molecule has 0 amide bonds. The lowest BCUT2D eigenvalue weighted by Gasteiger charge is -2.17.